The van der Waals surface area contributed by atoms with Crippen LogP contribution >= 0.6 is 11.6 Å². The van der Waals surface area contributed by atoms with E-state index in [1.807, 2.05) is 0 Å². The number of hydrogen-bond donors (Lipinski definition) is 3. The Balaban J connectivity index is 3.17. The van der Waals surface area contributed by atoms with Crippen molar-refractivity contribution in [1.29, 1.82) is 0 Å². The number of aliphatic hydroxyl groups excluding tert-OH is 1. The Kier molecular flexibility index (Phi) is 1.80. The van der Waals surface area contributed by atoms with E-state index in [2.05, 4.69) is 5.73 Å². The summed E-state index contributed by atoms with van der Waals surface area (Å²) in [5.74, 6) is 0. The number of nitrogens with two attached hydrogens (primary N) is 1. The zero-order chi connectivity index (χ0) is 5.21. The Morgan fingerprint density at radius 3 is 2.00 bits per heavy atom. The van der Waals surface area contributed by atoms with Crippen LogP contribution in [0.1, 0.15) is 0 Å². The van der Waals surface area contributed by atoms with E-state index < -0.39 is 11.8 Å². The molecular weight excluding hydrogens is 105 g/mol. The Morgan fingerprint density at radius 1 is 1.83 bits per heavy atom. The summed E-state index contributed by atoms with van der Waals surface area (Å²) in [4.78, 5) is 0. The van der Waals surface area contributed by atoms with Crippen LogP contribution in [0, 0.1) is 0 Å². The summed E-state index contributed by atoms with van der Waals surface area (Å²) < 4.78 is 0. The number of hydrogen-bond acceptors (Lipinski definition) is 3. The second-order valence-corrected chi connectivity index (χ2v) is 1.63. The fraction of sp³-hybridized carbons (Fsp3) is 1.00. The summed E-state index contributed by atoms with van der Waals surface area (Å²) in [5, 5.41) is 14.1. The minimum atomic E-state index is -1.93. The highest BCUT2D eigenvalue weighted by Crippen LogP contribution is 1.96. The lowest BCUT2D eigenvalue weighted by molar-refractivity contribution is 0.0635. The molecule has 0 rings (SSSR count). The van der Waals surface area contributed by atoms with Gasteiger partial charge in [0.25, 0.3) is 0 Å². The van der Waals surface area contributed by atoms with Gasteiger partial charge in [0.2, 0.25) is 5.18 Å². The molecule has 0 aromatic heterocycles. The summed E-state index contributed by atoms with van der Waals surface area (Å²) in [6, 6.07) is 0. The molecule has 0 aliphatic carbocycles. The van der Waals surface area contributed by atoms with Crippen LogP contribution < -0.4 is 5.73 Å². The van der Waals surface area contributed by atoms with Gasteiger partial charge in [-0.2, -0.15) is 0 Å². The highest BCUT2D eigenvalue weighted by atomic mass is 35.5. The van der Waals surface area contributed by atoms with Crippen LogP contribution in [0.5, 0.6) is 0 Å². The van der Waals surface area contributed by atoms with Gasteiger partial charge in [-0.05, 0) is 0 Å². The zero-order valence-electron chi connectivity index (χ0n) is 3.06. The van der Waals surface area contributed by atoms with Crippen molar-refractivity contribution in [3.63, 3.8) is 0 Å². The van der Waals surface area contributed by atoms with E-state index >= 15 is 0 Å². The molecule has 0 aliphatic rings. The maximum absolute atomic E-state index is 8.12. The van der Waals surface area contributed by atoms with Crippen LogP contribution in [0.15, 0.2) is 0 Å². The first-order valence-electron chi connectivity index (χ1n) is 1.37. The maximum Gasteiger partial charge on any atom is 0.214 e. The van der Waals surface area contributed by atoms with Gasteiger partial charge in [0.05, 0.1) is 0 Å². The van der Waals surface area contributed by atoms with E-state index in [9.17, 15) is 0 Å². The molecule has 0 fully saturated rings. The third-order valence-corrected chi connectivity index (χ3v) is 0.341. The van der Waals surface area contributed by atoms with E-state index in [4.69, 9.17) is 21.8 Å². The Morgan fingerprint density at radius 2 is 2.00 bits per heavy atom. The lowest BCUT2D eigenvalue weighted by Gasteiger charge is -2.07. The molecule has 0 bridgehead atoms. The Hall–Kier alpha value is 0.170. The van der Waals surface area contributed by atoms with Crippen molar-refractivity contribution in [1.82, 2.24) is 0 Å². The molecule has 0 saturated heterocycles. The van der Waals surface area contributed by atoms with E-state index in [1.165, 1.54) is 0 Å². The fourth-order valence-corrected chi connectivity index (χ4v) is 0. The second kappa shape index (κ2) is 1.75. The van der Waals surface area contributed by atoms with Crippen LogP contribution in [0.25, 0.3) is 0 Å². The predicted octanol–water partition coefficient (Wildman–Crippen LogP) is -1.18. The number of aliphatic hydroxyl groups is 2. The lowest BCUT2D eigenvalue weighted by atomic mass is 10.6. The Bertz CT molecular complexity index is 41.3. The standard InChI is InChI=1S/C2H6ClNO2/c3-2(4,6)1-5/h5-6H,1,4H2. The molecule has 0 radical (unpaired) electrons. The van der Waals surface area contributed by atoms with E-state index in [-0.39, 0.29) is 0 Å². The average molecular weight is 112 g/mol. The lowest BCUT2D eigenvalue weighted by Crippen LogP contribution is -2.36. The van der Waals surface area contributed by atoms with Gasteiger partial charge < -0.3 is 10.2 Å². The topological polar surface area (TPSA) is 66.5 Å². The highest BCUT2D eigenvalue weighted by molar-refractivity contribution is 6.22. The monoisotopic (exact) mass is 111 g/mol. The van der Waals surface area contributed by atoms with Gasteiger partial charge in [-0.15, -0.1) is 0 Å². The van der Waals surface area contributed by atoms with Crippen LogP contribution in [-0.2, 0) is 0 Å². The minimum absolute atomic E-state index is 0.630. The van der Waals surface area contributed by atoms with Crippen molar-refractivity contribution in [2.45, 2.75) is 5.18 Å². The minimum Gasteiger partial charge on any atom is -0.391 e. The third-order valence-electron chi connectivity index (χ3n) is 0.222. The molecule has 3 nitrogen and oxygen atoms in total. The van der Waals surface area contributed by atoms with E-state index in [0.29, 0.717) is 0 Å². The summed E-state index contributed by atoms with van der Waals surface area (Å²) in [7, 11) is 0. The van der Waals surface area contributed by atoms with Gasteiger partial charge in [-0.25, -0.2) is 0 Å². The first kappa shape index (κ1) is 6.17. The van der Waals surface area contributed by atoms with Gasteiger partial charge in [-0.1, -0.05) is 11.6 Å². The third kappa shape index (κ3) is 4.17. The molecule has 4 N–H and O–H groups in total. The average Bonchev–Trinajstić information content (AvgIpc) is 1.35. The molecular formula is C2H6ClNO2. The fourth-order valence-electron chi connectivity index (χ4n) is 0. The number of rotatable bonds is 1. The molecule has 0 amide bonds. The molecule has 38 valence electrons. The zero-order valence-corrected chi connectivity index (χ0v) is 3.81. The quantitative estimate of drug-likeness (QED) is 0.227. The first-order chi connectivity index (χ1) is 2.56. The molecule has 6 heavy (non-hydrogen) atoms. The molecule has 1 unspecified atom stereocenters. The molecule has 0 aromatic carbocycles. The summed E-state index contributed by atoms with van der Waals surface area (Å²) >= 11 is 4.80. The van der Waals surface area contributed by atoms with Crippen molar-refractivity contribution in [2.75, 3.05) is 6.61 Å². The van der Waals surface area contributed by atoms with Crippen molar-refractivity contribution < 1.29 is 10.2 Å². The number of halogens is 1. The van der Waals surface area contributed by atoms with E-state index in [1.54, 1.807) is 0 Å². The molecule has 4 heteroatoms. The highest BCUT2D eigenvalue weighted by Gasteiger charge is 2.12. The molecule has 0 aromatic rings. The smallest absolute Gasteiger partial charge is 0.214 e. The van der Waals surface area contributed by atoms with Crippen LogP contribution in [0.4, 0.5) is 0 Å². The van der Waals surface area contributed by atoms with Crippen molar-refractivity contribution in [2.24, 2.45) is 5.73 Å². The van der Waals surface area contributed by atoms with Crippen LogP contribution in [0.2, 0.25) is 0 Å². The van der Waals surface area contributed by atoms with Gasteiger partial charge in [0, 0.05) is 0 Å². The molecule has 1 atom stereocenters. The van der Waals surface area contributed by atoms with E-state index in [0.717, 1.165) is 0 Å². The van der Waals surface area contributed by atoms with Gasteiger partial charge in [-0.3, -0.25) is 5.73 Å². The van der Waals surface area contributed by atoms with Crippen molar-refractivity contribution >= 4 is 11.6 Å². The normalized spacial score (nSPS) is 20.0. The predicted molar refractivity (Wildman–Crippen MR) is 22.1 cm³/mol. The van der Waals surface area contributed by atoms with Crippen molar-refractivity contribution in [3.05, 3.63) is 0 Å². The summed E-state index contributed by atoms with van der Waals surface area (Å²) in [6.45, 7) is -0.630. The first-order valence-corrected chi connectivity index (χ1v) is 1.75. The molecule has 0 spiro atoms. The van der Waals surface area contributed by atoms with Crippen molar-refractivity contribution in [3.8, 4) is 0 Å². The summed E-state index contributed by atoms with van der Waals surface area (Å²) in [6.07, 6.45) is 0. The largest absolute Gasteiger partial charge is 0.391 e. The van der Waals surface area contributed by atoms with Gasteiger partial charge >= 0.3 is 0 Å². The van der Waals surface area contributed by atoms with Crippen LogP contribution in [-0.4, -0.2) is 22.0 Å². The number of alkyl halides is 1. The van der Waals surface area contributed by atoms with Gasteiger partial charge in [0.1, 0.15) is 6.61 Å². The van der Waals surface area contributed by atoms with Gasteiger partial charge in [0.15, 0.2) is 0 Å². The van der Waals surface area contributed by atoms with Crippen LogP contribution in [0.3, 0.4) is 0 Å². The molecule has 0 heterocycles. The maximum atomic E-state index is 8.12. The summed E-state index contributed by atoms with van der Waals surface area (Å²) in [5.41, 5.74) is 4.61. The second-order valence-electron chi connectivity index (χ2n) is 0.977. The molecule has 0 saturated carbocycles. The molecule has 0 aliphatic heterocycles. The SMILES string of the molecule is NC(O)(Cl)CO. The Labute approximate surface area is 40.3 Å².